The van der Waals surface area contributed by atoms with Crippen LogP contribution >= 0.6 is 0 Å². The van der Waals surface area contributed by atoms with Crippen molar-refractivity contribution in [3.63, 3.8) is 0 Å². The summed E-state index contributed by atoms with van der Waals surface area (Å²) in [6.07, 6.45) is 2.24. The molecule has 0 saturated heterocycles. The van der Waals surface area contributed by atoms with E-state index in [0.717, 1.165) is 51.4 Å². The van der Waals surface area contributed by atoms with Gasteiger partial charge in [0.25, 0.3) is 5.97 Å². The number of carbonyl (C=O) groups is 2. The Balaban J connectivity index is -0.00000110. The summed E-state index contributed by atoms with van der Waals surface area (Å²) in [6.45, 7) is 0. The van der Waals surface area contributed by atoms with Gasteiger partial charge in [0.05, 0.1) is 0 Å². The Morgan fingerprint density at radius 3 is 1.58 bits per heavy atom. The number of aliphatic hydroxyl groups is 1. The van der Waals surface area contributed by atoms with Crippen molar-refractivity contribution >= 4 is 35.0 Å². The van der Waals surface area contributed by atoms with Crippen LogP contribution in [0.5, 0.6) is 0 Å². The van der Waals surface area contributed by atoms with E-state index in [2.05, 4.69) is 0 Å². The van der Waals surface area contributed by atoms with Gasteiger partial charge >= 0.3 is 29.0 Å². The number of carbonyl (C=O) groups excluding carboxylic acids is 2. The van der Waals surface area contributed by atoms with Crippen LogP contribution in [0.25, 0.3) is 0 Å². The van der Waals surface area contributed by atoms with Gasteiger partial charge in [-0.3, -0.25) is 4.79 Å². The van der Waals surface area contributed by atoms with Crippen LogP contribution < -0.4 is 5.11 Å². The smallest absolute Gasteiger partial charge is 0.841 e. The number of esters is 2. The molecule has 1 N–H and O–H groups in total. The number of ether oxygens (including phenoxy) is 2. The van der Waals surface area contributed by atoms with Crippen molar-refractivity contribution in [2.75, 3.05) is 0 Å². The number of hydrogen-bond acceptors (Lipinski definition) is 6. The second kappa shape index (κ2) is 14.4. The molecule has 0 amide bonds. The molecule has 8 heteroatoms. The van der Waals surface area contributed by atoms with Crippen molar-refractivity contribution in [3.8, 4) is 0 Å². The van der Waals surface area contributed by atoms with E-state index in [-0.39, 0.29) is 69.6 Å². The van der Waals surface area contributed by atoms with Gasteiger partial charge in [-0.05, 0) is 51.4 Å². The molecule has 2 rings (SSSR count). The standard InChI is InChI=1S/C14H21O6.2CH3.Mg.Zn/c15-11(13(17)19-9-5-1-2-6-9)12(16)14(18)20-10-7-3-4-8-10;;;;/h9-12,15H,1-8H2;2*1H3;;/q3*-1;+2;/t11-,12-;;;;/m1..../s1. The summed E-state index contributed by atoms with van der Waals surface area (Å²) in [5.74, 6) is -2.08. The van der Waals surface area contributed by atoms with Crippen LogP contribution in [0.15, 0.2) is 0 Å². The molecule has 2 saturated carbocycles. The third kappa shape index (κ3) is 8.56. The van der Waals surface area contributed by atoms with Crippen LogP contribution in [0, 0.1) is 14.9 Å². The Hall–Kier alpha value is 0.250. The third-order valence-corrected chi connectivity index (χ3v) is 3.93. The fourth-order valence-electron chi connectivity index (χ4n) is 2.73. The van der Waals surface area contributed by atoms with Crippen molar-refractivity contribution in [1.82, 2.24) is 0 Å². The first-order chi connectivity index (χ1) is 9.58. The molecule has 0 aromatic heterocycles. The monoisotopic (exact) mass is 403 g/mol. The normalized spacial score (nSPS) is 19.6. The fraction of sp³-hybridized carbons (Fsp3) is 0.750. The predicted molar refractivity (Wildman–Crippen MR) is 85.1 cm³/mol. The fourth-order valence-corrected chi connectivity index (χ4v) is 2.73. The van der Waals surface area contributed by atoms with E-state index in [4.69, 9.17) is 9.47 Å². The summed E-state index contributed by atoms with van der Waals surface area (Å²) in [6, 6.07) is 0. The first kappa shape index (κ1) is 29.0. The van der Waals surface area contributed by atoms with Gasteiger partial charge in [-0.25, -0.2) is 4.79 Å². The number of rotatable bonds is 5. The average molecular weight is 405 g/mol. The average Bonchev–Trinajstić information content (AvgIpc) is 3.10. The molecule has 2 atom stereocenters. The zero-order valence-electron chi connectivity index (χ0n) is 14.9. The van der Waals surface area contributed by atoms with E-state index in [9.17, 15) is 19.8 Å². The maximum atomic E-state index is 11.7. The maximum Gasteiger partial charge on any atom is 2.00 e. The van der Waals surface area contributed by atoms with Gasteiger partial charge in [0, 0.05) is 25.6 Å². The Labute approximate surface area is 174 Å². The van der Waals surface area contributed by atoms with Crippen molar-refractivity contribution in [2.45, 2.75) is 75.8 Å². The zero-order chi connectivity index (χ0) is 14.5. The van der Waals surface area contributed by atoms with Crippen molar-refractivity contribution in [3.05, 3.63) is 14.9 Å². The maximum absolute atomic E-state index is 11.7. The Morgan fingerprint density at radius 1 is 0.875 bits per heavy atom. The summed E-state index contributed by atoms with van der Waals surface area (Å²) in [5.41, 5.74) is 0. The van der Waals surface area contributed by atoms with Gasteiger partial charge in [0.15, 0.2) is 0 Å². The molecule has 2 aliphatic carbocycles. The summed E-state index contributed by atoms with van der Waals surface area (Å²) in [5, 5.41) is 21.3. The SMILES string of the molecule is O=C(OC1CCCC1)[C@H]([O-])[C@@H](O)C(=O)OC1CCCC1.[CH3-].[CH3-].[Mg+2].[Zn]. The minimum Gasteiger partial charge on any atom is -0.841 e. The molecule has 0 unspecified atom stereocenters. The number of hydrogen-bond donors (Lipinski definition) is 1. The molecule has 2 fully saturated rings. The van der Waals surface area contributed by atoms with E-state index in [0.29, 0.717) is 0 Å². The molecule has 24 heavy (non-hydrogen) atoms. The molecule has 6 nitrogen and oxygen atoms in total. The Morgan fingerprint density at radius 2 is 1.21 bits per heavy atom. The topological polar surface area (TPSA) is 95.9 Å². The Bertz CT molecular complexity index is 322. The molecule has 0 heterocycles. The quantitative estimate of drug-likeness (QED) is 0.408. The van der Waals surface area contributed by atoms with Crippen molar-refractivity contribution in [1.29, 1.82) is 0 Å². The molecule has 0 radical (unpaired) electrons. The van der Waals surface area contributed by atoms with Gasteiger partial charge < -0.3 is 34.5 Å². The number of aliphatic hydroxyl groups excluding tert-OH is 1. The molecular formula is C16H27MgO6Zn-. The zero-order valence-corrected chi connectivity index (χ0v) is 19.3. The largest absolute Gasteiger partial charge is 2.00 e. The summed E-state index contributed by atoms with van der Waals surface area (Å²) < 4.78 is 10.0. The second-order valence-corrected chi connectivity index (χ2v) is 5.55. The van der Waals surface area contributed by atoms with Crippen molar-refractivity contribution in [2.24, 2.45) is 0 Å². The summed E-state index contributed by atoms with van der Waals surface area (Å²) in [7, 11) is 0. The van der Waals surface area contributed by atoms with Crippen LogP contribution in [-0.4, -0.2) is 64.5 Å². The van der Waals surface area contributed by atoms with Crippen LogP contribution in [0.1, 0.15) is 51.4 Å². The van der Waals surface area contributed by atoms with Gasteiger partial charge in [-0.1, -0.05) is 0 Å². The van der Waals surface area contributed by atoms with Gasteiger partial charge in [0.1, 0.15) is 18.3 Å². The molecule has 2 aliphatic rings. The minimum absolute atomic E-state index is 0. The predicted octanol–water partition coefficient (Wildman–Crippen LogP) is 0.565. The second-order valence-electron chi connectivity index (χ2n) is 5.55. The third-order valence-electron chi connectivity index (χ3n) is 3.93. The minimum atomic E-state index is -2.12. The first-order valence-corrected chi connectivity index (χ1v) is 7.33. The van der Waals surface area contributed by atoms with E-state index >= 15 is 0 Å². The Kier molecular flexibility index (Phi) is 17.4. The van der Waals surface area contributed by atoms with E-state index < -0.39 is 24.1 Å². The molecule has 132 valence electrons. The molecule has 0 aliphatic heterocycles. The van der Waals surface area contributed by atoms with Gasteiger partial charge in [0.2, 0.25) is 0 Å². The van der Waals surface area contributed by atoms with Crippen molar-refractivity contribution < 1.29 is 48.8 Å². The van der Waals surface area contributed by atoms with Crippen LogP contribution in [0.3, 0.4) is 0 Å². The van der Waals surface area contributed by atoms with Crippen LogP contribution in [0.2, 0.25) is 0 Å². The molecule has 0 aromatic rings. The first-order valence-electron chi connectivity index (χ1n) is 7.33. The van der Waals surface area contributed by atoms with Gasteiger partial charge in [-0.15, -0.1) is 0 Å². The molecule has 0 aromatic carbocycles. The van der Waals surface area contributed by atoms with E-state index in [1.807, 2.05) is 0 Å². The summed E-state index contributed by atoms with van der Waals surface area (Å²) in [4.78, 5) is 23.2. The van der Waals surface area contributed by atoms with Crippen LogP contribution in [0.4, 0.5) is 0 Å². The van der Waals surface area contributed by atoms with Gasteiger partial charge in [-0.2, -0.15) is 0 Å². The summed E-state index contributed by atoms with van der Waals surface area (Å²) >= 11 is 0. The van der Waals surface area contributed by atoms with E-state index in [1.165, 1.54) is 0 Å². The molecular weight excluding hydrogens is 378 g/mol. The molecule has 0 spiro atoms. The van der Waals surface area contributed by atoms with E-state index in [1.54, 1.807) is 0 Å². The van der Waals surface area contributed by atoms with Crippen LogP contribution in [-0.2, 0) is 38.5 Å². The molecule has 0 bridgehead atoms.